The molecule has 1 fully saturated rings. The fraction of sp³-hybridized carbons (Fsp3) is 0.345. The van der Waals surface area contributed by atoms with Crippen LogP contribution in [0.15, 0.2) is 72.8 Å². The van der Waals surface area contributed by atoms with Gasteiger partial charge in [-0.1, -0.05) is 54.1 Å². The van der Waals surface area contributed by atoms with E-state index in [-0.39, 0.29) is 24.1 Å². The Hall–Kier alpha value is -2.55. The summed E-state index contributed by atoms with van der Waals surface area (Å²) in [5, 5.41) is 0.699. The van der Waals surface area contributed by atoms with E-state index >= 15 is 0 Å². The molecule has 4 rings (SSSR count). The van der Waals surface area contributed by atoms with Crippen molar-refractivity contribution in [3.05, 3.63) is 112 Å². The molecule has 1 heterocycles. The molecule has 3 aromatic carbocycles. The number of halogens is 7. The van der Waals surface area contributed by atoms with E-state index in [1.807, 2.05) is 61.0 Å². The molecule has 1 aliphatic heterocycles. The van der Waals surface area contributed by atoms with Crippen LogP contribution in [-0.2, 0) is 25.2 Å². The normalized spacial score (nSPS) is 16.5. The van der Waals surface area contributed by atoms with Gasteiger partial charge in [-0.05, 0) is 66.3 Å². The van der Waals surface area contributed by atoms with E-state index in [2.05, 4.69) is 9.80 Å². The quantitative estimate of drug-likeness (QED) is 0.263. The summed E-state index contributed by atoms with van der Waals surface area (Å²) in [6.45, 7) is 3.97. The van der Waals surface area contributed by atoms with Crippen LogP contribution in [0.1, 0.15) is 33.9 Å². The Morgan fingerprint density at radius 3 is 1.87 bits per heavy atom. The highest BCUT2D eigenvalue weighted by Crippen LogP contribution is 2.37. The van der Waals surface area contributed by atoms with E-state index in [9.17, 15) is 26.3 Å². The second kappa shape index (κ2) is 12.1. The minimum Gasteiger partial charge on any atom is -0.300 e. The Labute approximate surface area is 223 Å². The van der Waals surface area contributed by atoms with Gasteiger partial charge < -0.3 is 4.90 Å². The van der Waals surface area contributed by atoms with Crippen LogP contribution in [0.5, 0.6) is 0 Å². The lowest BCUT2D eigenvalue weighted by molar-refractivity contribution is -0.143. The van der Waals surface area contributed by atoms with Crippen LogP contribution in [0, 0.1) is 6.42 Å². The molecule has 0 aliphatic carbocycles. The Morgan fingerprint density at radius 1 is 0.737 bits per heavy atom. The maximum Gasteiger partial charge on any atom is 0.416 e. The molecular formula is C29H28ClF6N2. The van der Waals surface area contributed by atoms with Gasteiger partial charge in [0.25, 0.3) is 0 Å². The Balaban J connectivity index is 1.44. The maximum atomic E-state index is 13.3. The molecule has 38 heavy (non-hydrogen) atoms. The summed E-state index contributed by atoms with van der Waals surface area (Å²) in [4.78, 5) is 4.59. The summed E-state index contributed by atoms with van der Waals surface area (Å²) in [5.41, 5.74) is -0.450. The molecule has 203 valence electrons. The van der Waals surface area contributed by atoms with Crippen molar-refractivity contribution in [1.82, 2.24) is 9.80 Å². The molecule has 0 spiro atoms. The summed E-state index contributed by atoms with van der Waals surface area (Å²) in [6, 6.07) is 18.8. The van der Waals surface area contributed by atoms with Crippen LogP contribution in [0.3, 0.4) is 0 Å². The Bertz CT molecular complexity index is 1140. The number of hydrogen-bond acceptors (Lipinski definition) is 2. The largest absolute Gasteiger partial charge is 0.416 e. The maximum absolute atomic E-state index is 13.3. The number of alkyl halides is 6. The molecule has 9 heteroatoms. The van der Waals surface area contributed by atoms with Gasteiger partial charge in [0.05, 0.1) is 11.1 Å². The first-order valence-corrected chi connectivity index (χ1v) is 12.7. The summed E-state index contributed by atoms with van der Waals surface area (Å²) in [5.74, 6) is 0. The van der Waals surface area contributed by atoms with Crippen LogP contribution < -0.4 is 0 Å². The zero-order valence-corrected chi connectivity index (χ0v) is 21.3. The molecule has 0 amide bonds. The SMILES string of the molecule is FC(F)(F)c1cc(C[CH]C(c2ccccc2)N2CCN(CCc3ccc(Cl)cc3)CC2)cc(C(F)(F)F)c1. The van der Waals surface area contributed by atoms with Crippen molar-refractivity contribution in [3.63, 3.8) is 0 Å². The van der Waals surface area contributed by atoms with Gasteiger partial charge in [-0.2, -0.15) is 26.3 Å². The molecule has 0 aromatic heterocycles. The second-order valence-corrected chi connectivity index (χ2v) is 9.90. The number of benzene rings is 3. The van der Waals surface area contributed by atoms with E-state index in [4.69, 9.17) is 11.6 Å². The highest BCUT2D eigenvalue weighted by Gasteiger charge is 2.37. The van der Waals surface area contributed by atoms with Crippen molar-refractivity contribution in [1.29, 1.82) is 0 Å². The zero-order valence-electron chi connectivity index (χ0n) is 20.6. The predicted molar refractivity (Wildman–Crippen MR) is 137 cm³/mol. The van der Waals surface area contributed by atoms with Gasteiger partial charge >= 0.3 is 12.4 Å². The van der Waals surface area contributed by atoms with Crippen molar-refractivity contribution in [2.24, 2.45) is 0 Å². The zero-order chi connectivity index (χ0) is 27.3. The molecule has 1 atom stereocenters. The smallest absolute Gasteiger partial charge is 0.300 e. The average molecular weight is 554 g/mol. The lowest BCUT2D eigenvalue weighted by Gasteiger charge is -2.39. The molecule has 2 nitrogen and oxygen atoms in total. The van der Waals surface area contributed by atoms with Gasteiger partial charge in [-0.3, -0.25) is 4.90 Å². The number of nitrogens with zero attached hydrogens (tertiary/aromatic N) is 2. The van der Waals surface area contributed by atoms with Crippen molar-refractivity contribution in [2.75, 3.05) is 32.7 Å². The van der Waals surface area contributed by atoms with Crippen LogP contribution in [0.25, 0.3) is 0 Å². The third-order valence-corrected chi connectivity index (χ3v) is 7.05. The lowest BCUT2D eigenvalue weighted by atomic mass is 9.95. The summed E-state index contributed by atoms with van der Waals surface area (Å²) in [7, 11) is 0. The Morgan fingerprint density at radius 2 is 1.32 bits per heavy atom. The minimum absolute atomic E-state index is 0.0188. The fourth-order valence-electron chi connectivity index (χ4n) is 4.73. The van der Waals surface area contributed by atoms with Gasteiger partial charge in [-0.15, -0.1) is 0 Å². The van der Waals surface area contributed by atoms with Crippen molar-refractivity contribution >= 4 is 11.6 Å². The number of rotatable bonds is 8. The Kier molecular flexibility index (Phi) is 9.06. The average Bonchev–Trinajstić information content (AvgIpc) is 2.89. The molecule has 1 unspecified atom stereocenters. The highest BCUT2D eigenvalue weighted by atomic mass is 35.5. The molecule has 1 radical (unpaired) electrons. The fourth-order valence-corrected chi connectivity index (χ4v) is 4.86. The molecule has 0 N–H and O–H groups in total. The third-order valence-electron chi connectivity index (χ3n) is 6.80. The van der Waals surface area contributed by atoms with Gasteiger partial charge in [0.1, 0.15) is 0 Å². The van der Waals surface area contributed by atoms with Crippen LogP contribution >= 0.6 is 11.6 Å². The predicted octanol–water partition coefficient (Wildman–Crippen LogP) is 7.73. The monoisotopic (exact) mass is 553 g/mol. The molecule has 1 aliphatic rings. The number of hydrogen-bond donors (Lipinski definition) is 0. The summed E-state index contributed by atoms with van der Waals surface area (Å²) in [6.07, 6.45) is -7.05. The summed E-state index contributed by atoms with van der Waals surface area (Å²) < 4.78 is 79.9. The summed E-state index contributed by atoms with van der Waals surface area (Å²) >= 11 is 5.96. The van der Waals surface area contributed by atoms with Gasteiger partial charge in [0.2, 0.25) is 0 Å². The van der Waals surface area contributed by atoms with Gasteiger partial charge in [0.15, 0.2) is 0 Å². The standard InChI is InChI=1S/C29H28ClF6N2/c30-26-9-6-21(7-10-26)12-13-37-14-16-38(17-15-37)27(23-4-2-1-3-5-23)11-8-22-18-24(28(31,32)33)20-25(19-22)29(34,35)36/h1-7,9-11,18-20,27H,8,12-17H2. The molecular weight excluding hydrogens is 526 g/mol. The van der Waals surface area contributed by atoms with E-state index in [1.54, 1.807) is 0 Å². The molecule has 1 saturated heterocycles. The van der Waals surface area contributed by atoms with Crippen molar-refractivity contribution in [3.8, 4) is 0 Å². The lowest BCUT2D eigenvalue weighted by Crippen LogP contribution is -2.48. The van der Waals surface area contributed by atoms with Crippen LogP contribution in [0.2, 0.25) is 5.02 Å². The third kappa shape index (κ3) is 7.74. The van der Waals surface area contributed by atoms with E-state index in [1.165, 1.54) is 5.56 Å². The molecule has 3 aromatic rings. The topological polar surface area (TPSA) is 6.48 Å². The molecule has 0 bridgehead atoms. The highest BCUT2D eigenvalue weighted by molar-refractivity contribution is 6.30. The van der Waals surface area contributed by atoms with E-state index < -0.39 is 23.5 Å². The first-order valence-electron chi connectivity index (χ1n) is 12.4. The van der Waals surface area contributed by atoms with Gasteiger partial charge in [0, 0.05) is 43.8 Å². The van der Waals surface area contributed by atoms with Crippen LogP contribution in [-0.4, -0.2) is 42.5 Å². The second-order valence-electron chi connectivity index (χ2n) is 9.46. The van der Waals surface area contributed by atoms with Crippen molar-refractivity contribution in [2.45, 2.75) is 31.2 Å². The first kappa shape index (κ1) is 28.5. The van der Waals surface area contributed by atoms with Gasteiger partial charge in [-0.25, -0.2) is 0 Å². The molecule has 0 saturated carbocycles. The first-order chi connectivity index (χ1) is 18.0. The minimum atomic E-state index is -4.86. The van der Waals surface area contributed by atoms with E-state index in [0.29, 0.717) is 5.02 Å². The van der Waals surface area contributed by atoms with Crippen molar-refractivity contribution < 1.29 is 26.3 Å². The van der Waals surface area contributed by atoms with E-state index in [0.717, 1.165) is 56.8 Å². The number of piperazine rings is 1. The van der Waals surface area contributed by atoms with Crippen LogP contribution in [0.4, 0.5) is 26.3 Å².